The maximum absolute atomic E-state index is 12.5. The number of thiophene rings is 1. The molecule has 1 aliphatic rings. The molecule has 142 valence electrons. The van der Waals surface area contributed by atoms with Crippen LogP contribution in [0.5, 0.6) is 0 Å². The number of hydrogen-bond acceptors (Lipinski definition) is 4. The molecule has 0 amide bonds. The van der Waals surface area contributed by atoms with Gasteiger partial charge in [0.05, 0.1) is 5.75 Å². The zero-order valence-electron chi connectivity index (χ0n) is 14.7. The lowest BCUT2D eigenvalue weighted by molar-refractivity contribution is 0.206. The first kappa shape index (κ1) is 19.8. The zero-order chi connectivity index (χ0) is 18.4. The molecular formula is C19H25ClN2O2S2. The Hall–Kier alpha value is -0.920. The van der Waals surface area contributed by atoms with E-state index in [1.54, 1.807) is 35.6 Å². The van der Waals surface area contributed by atoms with Crippen LogP contribution in [0.25, 0.3) is 0 Å². The van der Waals surface area contributed by atoms with Crippen molar-refractivity contribution in [1.82, 2.24) is 9.62 Å². The van der Waals surface area contributed by atoms with Crippen molar-refractivity contribution in [3.8, 4) is 0 Å². The second-order valence-corrected chi connectivity index (χ2v) is 9.78. The Kier molecular flexibility index (Phi) is 7.12. The number of likely N-dealkylation sites (tertiary alicyclic amines) is 1. The summed E-state index contributed by atoms with van der Waals surface area (Å²) in [5.74, 6) is -0.0273. The van der Waals surface area contributed by atoms with E-state index in [9.17, 15) is 8.42 Å². The van der Waals surface area contributed by atoms with Crippen LogP contribution in [-0.4, -0.2) is 33.0 Å². The average molecular weight is 413 g/mol. The standard InChI is InChI=1S/C19H25ClN2O2S2/c20-18-7-5-16(6-8-18)15-26(23,24)21-13-19(17-9-12-25-14-17)22-10-3-1-2-4-11-22/h5-9,12,14,19,21H,1-4,10-11,13,15H2. The van der Waals surface area contributed by atoms with E-state index in [0.29, 0.717) is 11.6 Å². The zero-order valence-corrected chi connectivity index (χ0v) is 17.1. The quantitative estimate of drug-likeness (QED) is 0.731. The van der Waals surface area contributed by atoms with Crippen molar-refractivity contribution in [3.05, 3.63) is 57.2 Å². The molecule has 0 aliphatic carbocycles. The first-order valence-electron chi connectivity index (χ1n) is 9.01. The van der Waals surface area contributed by atoms with Crippen molar-refractivity contribution >= 4 is 33.0 Å². The molecule has 1 unspecified atom stereocenters. The van der Waals surface area contributed by atoms with Crippen molar-refractivity contribution < 1.29 is 8.42 Å². The molecule has 7 heteroatoms. The minimum absolute atomic E-state index is 0.0273. The predicted octanol–water partition coefficient (Wildman–Crippen LogP) is 4.44. The molecule has 0 saturated carbocycles. The number of halogens is 1. The van der Waals surface area contributed by atoms with E-state index < -0.39 is 10.0 Å². The minimum Gasteiger partial charge on any atom is -0.295 e. The molecule has 0 bridgehead atoms. The van der Waals surface area contributed by atoms with Gasteiger partial charge in [0.1, 0.15) is 0 Å². The molecule has 1 aliphatic heterocycles. The maximum atomic E-state index is 12.5. The molecule has 3 rings (SSSR count). The van der Waals surface area contributed by atoms with Gasteiger partial charge in [-0.2, -0.15) is 11.3 Å². The van der Waals surface area contributed by atoms with E-state index >= 15 is 0 Å². The Morgan fingerprint density at radius 1 is 1.08 bits per heavy atom. The fourth-order valence-electron chi connectivity index (χ4n) is 3.39. The van der Waals surface area contributed by atoms with Crippen LogP contribution >= 0.6 is 22.9 Å². The Labute approximate surface area is 165 Å². The molecule has 1 aromatic carbocycles. The lowest BCUT2D eigenvalue weighted by Crippen LogP contribution is -2.38. The molecule has 0 spiro atoms. The third-order valence-corrected chi connectivity index (χ3v) is 7.05. The lowest BCUT2D eigenvalue weighted by atomic mass is 10.1. The number of rotatable bonds is 7. The maximum Gasteiger partial charge on any atom is 0.215 e. The van der Waals surface area contributed by atoms with Crippen LogP contribution in [-0.2, 0) is 15.8 Å². The highest BCUT2D eigenvalue weighted by Gasteiger charge is 2.24. The van der Waals surface area contributed by atoms with Gasteiger partial charge < -0.3 is 0 Å². The number of benzene rings is 1. The van der Waals surface area contributed by atoms with Crippen LogP contribution < -0.4 is 4.72 Å². The Balaban J connectivity index is 1.67. The third kappa shape index (κ3) is 5.79. The summed E-state index contributed by atoms with van der Waals surface area (Å²) in [4.78, 5) is 2.43. The van der Waals surface area contributed by atoms with E-state index in [1.165, 1.54) is 31.2 Å². The largest absolute Gasteiger partial charge is 0.295 e. The predicted molar refractivity (Wildman–Crippen MR) is 109 cm³/mol. The van der Waals surface area contributed by atoms with Crippen molar-refractivity contribution in [3.63, 3.8) is 0 Å². The summed E-state index contributed by atoms with van der Waals surface area (Å²) in [5, 5.41) is 4.79. The van der Waals surface area contributed by atoms with Gasteiger partial charge in [0.15, 0.2) is 0 Å². The van der Waals surface area contributed by atoms with Crippen molar-refractivity contribution in [2.45, 2.75) is 37.5 Å². The Morgan fingerprint density at radius 2 is 1.77 bits per heavy atom. The Bertz CT molecular complexity index is 768. The molecule has 26 heavy (non-hydrogen) atoms. The SMILES string of the molecule is O=S(=O)(Cc1ccc(Cl)cc1)NCC(c1ccsc1)N1CCCCCC1. The van der Waals surface area contributed by atoms with Gasteiger partial charge in [-0.3, -0.25) is 4.90 Å². The molecule has 4 nitrogen and oxygen atoms in total. The van der Waals surface area contributed by atoms with Crippen LogP contribution in [0.3, 0.4) is 0 Å². The highest BCUT2D eigenvalue weighted by Crippen LogP contribution is 2.26. The van der Waals surface area contributed by atoms with Crippen LogP contribution in [0.2, 0.25) is 5.02 Å². The smallest absolute Gasteiger partial charge is 0.215 e. The molecule has 1 atom stereocenters. The molecule has 1 N–H and O–H groups in total. The monoisotopic (exact) mass is 412 g/mol. The molecule has 1 fully saturated rings. The summed E-state index contributed by atoms with van der Waals surface area (Å²) in [6, 6.07) is 9.15. The number of hydrogen-bond donors (Lipinski definition) is 1. The number of nitrogens with one attached hydrogen (secondary N) is 1. The van der Waals surface area contributed by atoms with Crippen LogP contribution in [0, 0.1) is 0 Å². The molecule has 2 aromatic rings. The molecular weight excluding hydrogens is 388 g/mol. The number of nitrogens with zero attached hydrogens (tertiary/aromatic N) is 1. The normalized spacial score (nSPS) is 17.7. The molecule has 1 aromatic heterocycles. The van der Waals surface area contributed by atoms with Gasteiger partial charge in [0, 0.05) is 17.6 Å². The van der Waals surface area contributed by atoms with E-state index in [-0.39, 0.29) is 11.8 Å². The summed E-state index contributed by atoms with van der Waals surface area (Å²) >= 11 is 7.53. The third-order valence-electron chi connectivity index (χ3n) is 4.78. The summed E-state index contributed by atoms with van der Waals surface area (Å²) in [7, 11) is -3.40. The fraction of sp³-hybridized carbons (Fsp3) is 0.474. The first-order valence-corrected chi connectivity index (χ1v) is 12.0. The molecule has 1 saturated heterocycles. The van der Waals surface area contributed by atoms with E-state index in [1.807, 2.05) is 0 Å². The minimum atomic E-state index is -3.40. The summed E-state index contributed by atoms with van der Waals surface area (Å²) in [6.45, 7) is 2.46. The fourth-order valence-corrected chi connectivity index (χ4v) is 5.36. The van der Waals surface area contributed by atoms with Gasteiger partial charge in [-0.1, -0.05) is 36.6 Å². The second kappa shape index (κ2) is 9.33. The van der Waals surface area contributed by atoms with Crippen molar-refractivity contribution in [2.75, 3.05) is 19.6 Å². The van der Waals surface area contributed by atoms with E-state index in [0.717, 1.165) is 18.7 Å². The summed E-state index contributed by atoms with van der Waals surface area (Å²) in [5.41, 5.74) is 1.94. The van der Waals surface area contributed by atoms with Crippen LogP contribution in [0.4, 0.5) is 0 Å². The lowest BCUT2D eigenvalue weighted by Gasteiger charge is -2.30. The highest BCUT2D eigenvalue weighted by molar-refractivity contribution is 7.88. The van der Waals surface area contributed by atoms with Crippen LogP contribution in [0.1, 0.15) is 42.9 Å². The van der Waals surface area contributed by atoms with Crippen LogP contribution in [0.15, 0.2) is 41.1 Å². The van der Waals surface area contributed by atoms with Gasteiger partial charge in [0.25, 0.3) is 0 Å². The summed E-state index contributed by atoms with van der Waals surface area (Å²) < 4.78 is 27.9. The van der Waals surface area contributed by atoms with Crippen molar-refractivity contribution in [1.29, 1.82) is 0 Å². The first-order chi connectivity index (χ1) is 12.5. The summed E-state index contributed by atoms with van der Waals surface area (Å²) in [6.07, 6.45) is 4.88. The topological polar surface area (TPSA) is 49.4 Å². The second-order valence-electron chi connectivity index (χ2n) is 6.76. The molecule has 2 heterocycles. The number of sulfonamides is 1. The molecule has 0 radical (unpaired) electrons. The van der Waals surface area contributed by atoms with Gasteiger partial charge in [-0.15, -0.1) is 0 Å². The Morgan fingerprint density at radius 3 is 2.38 bits per heavy atom. The highest BCUT2D eigenvalue weighted by atomic mass is 35.5. The van der Waals surface area contributed by atoms with Gasteiger partial charge in [-0.25, -0.2) is 13.1 Å². The average Bonchev–Trinajstić information content (AvgIpc) is 3.00. The van der Waals surface area contributed by atoms with E-state index in [2.05, 4.69) is 26.4 Å². The van der Waals surface area contributed by atoms with E-state index in [4.69, 9.17) is 11.6 Å². The van der Waals surface area contributed by atoms with Gasteiger partial charge >= 0.3 is 0 Å². The van der Waals surface area contributed by atoms with Gasteiger partial charge in [-0.05, 0) is 66.0 Å². The van der Waals surface area contributed by atoms with Crippen molar-refractivity contribution in [2.24, 2.45) is 0 Å². The van der Waals surface area contributed by atoms with Gasteiger partial charge in [0.2, 0.25) is 10.0 Å².